The fourth-order valence-electron chi connectivity index (χ4n) is 1.75. The van der Waals surface area contributed by atoms with E-state index in [1.165, 1.54) is 18.2 Å². The van der Waals surface area contributed by atoms with Gasteiger partial charge in [-0.25, -0.2) is 4.79 Å². The highest BCUT2D eigenvalue weighted by atomic mass is 35.5. The lowest BCUT2D eigenvalue weighted by atomic mass is 10.1. The second kappa shape index (κ2) is 6.43. The van der Waals surface area contributed by atoms with Crippen LogP contribution < -0.4 is 5.32 Å². The summed E-state index contributed by atoms with van der Waals surface area (Å²) >= 11 is 17.5. The van der Waals surface area contributed by atoms with Gasteiger partial charge in [0.2, 0.25) is 0 Å². The molecule has 0 atom stereocenters. The molecule has 0 aliphatic rings. The SMILES string of the molecule is O=C(O)c1cc(NCc2cc(Cl)cc(Cl)c2O)ccc1Cl. The van der Waals surface area contributed by atoms with E-state index in [-0.39, 0.29) is 27.9 Å². The van der Waals surface area contributed by atoms with Crippen molar-refractivity contribution in [1.29, 1.82) is 0 Å². The summed E-state index contributed by atoms with van der Waals surface area (Å²) in [5.41, 5.74) is 1.04. The molecule has 110 valence electrons. The Labute approximate surface area is 135 Å². The summed E-state index contributed by atoms with van der Waals surface area (Å²) < 4.78 is 0. The fraction of sp³-hybridized carbons (Fsp3) is 0.0714. The van der Waals surface area contributed by atoms with E-state index < -0.39 is 5.97 Å². The zero-order valence-corrected chi connectivity index (χ0v) is 12.8. The highest BCUT2D eigenvalue weighted by molar-refractivity contribution is 6.35. The first-order valence-corrected chi connectivity index (χ1v) is 6.95. The fourth-order valence-corrected chi connectivity index (χ4v) is 2.48. The molecule has 2 rings (SSSR count). The third-order valence-corrected chi connectivity index (χ3v) is 3.62. The van der Waals surface area contributed by atoms with Crippen molar-refractivity contribution in [1.82, 2.24) is 0 Å². The quantitative estimate of drug-likeness (QED) is 0.753. The number of nitrogens with one attached hydrogen (secondary N) is 1. The first-order chi connectivity index (χ1) is 9.88. The first-order valence-electron chi connectivity index (χ1n) is 5.82. The van der Waals surface area contributed by atoms with Gasteiger partial charge in [-0.3, -0.25) is 0 Å². The molecule has 0 radical (unpaired) electrons. The van der Waals surface area contributed by atoms with Crippen molar-refractivity contribution >= 4 is 46.5 Å². The number of hydrogen-bond donors (Lipinski definition) is 3. The minimum Gasteiger partial charge on any atom is -0.506 e. The van der Waals surface area contributed by atoms with E-state index in [4.69, 9.17) is 39.9 Å². The van der Waals surface area contributed by atoms with Gasteiger partial charge < -0.3 is 15.5 Å². The van der Waals surface area contributed by atoms with Crippen molar-refractivity contribution in [2.24, 2.45) is 0 Å². The molecule has 0 bridgehead atoms. The van der Waals surface area contributed by atoms with Crippen LogP contribution in [-0.2, 0) is 6.54 Å². The first kappa shape index (κ1) is 15.8. The van der Waals surface area contributed by atoms with Gasteiger partial charge in [-0.05, 0) is 30.3 Å². The second-order valence-electron chi connectivity index (χ2n) is 4.25. The standard InChI is InChI=1S/C14H10Cl3NO3/c15-8-3-7(13(19)12(17)4-8)6-18-9-1-2-11(16)10(5-9)14(20)21/h1-5,18-19H,6H2,(H,20,21). The van der Waals surface area contributed by atoms with E-state index in [2.05, 4.69) is 5.32 Å². The number of anilines is 1. The van der Waals surface area contributed by atoms with Gasteiger partial charge in [-0.1, -0.05) is 34.8 Å². The summed E-state index contributed by atoms with van der Waals surface area (Å²) in [4.78, 5) is 11.0. The van der Waals surface area contributed by atoms with Crippen LogP contribution in [0.25, 0.3) is 0 Å². The second-order valence-corrected chi connectivity index (χ2v) is 5.50. The van der Waals surface area contributed by atoms with Gasteiger partial charge in [0, 0.05) is 22.8 Å². The van der Waals surface area contributed by atoms with Crippen LogP contribution in [0, 0.1) is 0 Å². The summed E-state index contributed by atoms with van der Waals surface area (Å²) in [6.07, 6.45) is 0. The molecule has 0 aliphatic heterocycles. The molecule has 0 spiro atoms. The Balaban J connectivity index is 2.21. The Morgan fingerprint density at radius 2 is 1.81 bits per heavy atom. The molecule has 7 heteroatoms. The predicted octanol–water partition coefficient (Wildman–Crippen LogP) is 4.66. The number of aromatic carboxylic acids is 1. The summed E-state index contributed by atoms with van der Waals surface area (Å²) in [5.74, 6) is -1.18. The van der Waals surface area contributed by atoms with Gasteiger partial charge in [0.15, 0.2) is 0 Å². The van der Waals surface area contributed by atoms with E-state index in [9.17, 15) is 9.90 Å². The van der Waals surface area contributed by atoms with Crippen LogP contribution in [0.1, 0.15) is 15.9 Å². The lowest BCUT2D eigenvalue weighted by molar-refractivity contribution is 0.0697. The number of carboxylic acids is 1. The van der Waals surface area contributed by atoms with Crippen molar-refractivity contribution in [3.05, 3.63) is 56.5 Å². The largest absolute Gasteiger partial charge is 0.506 e. The maximum absolute atomic E-state index is 11.0. The van der Waals surface area contributed by atoms with E-state index in [0.717, 1.165) is 0 Å². The number of aromatic hydroxyl groups is 1. The minimum atomic E-state index is -1.11. The zero-order valence-electron chi connectivity index (χ0n) is 10.5. The van der Waals surface area contributed by atoms with Crippen LogP contribution in [0.3, 0.4) is 0 Å². The molecular weight excluding hydrogens is 337 g/mol. The molecule has 0 amide bonds. The molecule has 2 aromatic carbocycles. The molecule has 3 N–H and O–H groups in total. The Morgan fingerprint density at radius 1 is 1.10 bits per heavy atom. The number of benzene rings is 2. The summed E-state index contributed by atoms with van der Waals surface area (Å²) in [6, 6.07) is 7.54. The van der Waals surface area contributed by atoms with Crippen LogP contribution in [0.5, 0.6) is 5.75 Å². The predicted molar refractivity (Wildman–Crippen MR) is 83.9 cm³/mol. The molecule has 0 saturated carbocycles. The van der Waals surface area contributed by atoms with E-state index in [1.807, 2.05) is 0 Å². The van der Waals surface area contributed by atoms with Gasteiger partial charge in [0.25, 0.3) is 0 Å². The maximum Gasteiger partial charge on any atom is 0.337 e. The van der Waals surface area contributed by atoms with Crippen molar-refractivity contribution in [3.8, 4) is 5.75 Å². The number of carbonyl (C=O) groups is 1. The number of rotatable bonds is 4. The maximum atomic E-state index is 11.0. The molecule has 0 saturated heterocycles. The van der Waals surface area contributed by atoms with Crippen molar-refractivity contribution < 1.29 is 15.0 Å². The molecule has 0 heterocycles. The van der Waals surface area contributed by atoms with E-state index >= 15 is 0 Å². The number of phenols is 1. The van der Waals surface area contributed by atoms with Gasteiger partial charge in [0.1, 0.15) is 5.75 Å². The average molecular weight is 347 g/mol. The normalized spacial score (nSPS) is 10.4. The number of carboxylic acid groups (broad SMARTS) is 1. The highest BCUT2D eigenvalue weighted by Crippen LogP contribution is 2.31. The Morgan fingerprint density at radius 3 is 2.48 bits per heavy atom. The van der Waals surface area contributed by atoms with Gasteiger partial charge >= 0.3 is 5.97 Å². The van der Waals surface area contributed by atoms with Crippen LogP contribution >= 0.6 is 34.8 Å². The van der Waals surface area contributed by atoms with Crippen molar-refractivity contribution in [3.63, 3.8) is 0 Å². The highest BCUT2D eigenvalue weighted by Gasteiger charge is 2.11. The summed E-state index contributed by atoms with van der Waals surface area (Å²) in [5, 5.41) is 22.5. The molecule has 0 aliphatic carbocycles. The van der Waals surface area contributed by atoms with Crippen LogP contribution in [0.15, 0.2) is 30.3 Å². The van der Waals surface area contributed by atoms with Crippen LogP contribution in [0.2, 0.25) is 15.1 Å². The minimum absolute atomic E-state index is 0.00462. The third-order valence-electron chi connectivity index (χ3n) is 2.79. The monoisotopic (exact) mass is 345 g/mol. The summed E-state index contributed by atoms with van der Waals surface area (Å²) in [6.45, 7) is 0.229. The Bertz CT molecular complexity index is 704. The van der Waals surface area contributed by atoms with Crippen molar-refractivity contribution in [2.75, 3.05) is 5.32 Å². The summed E-state index contributed by atoms with van der Waals surface area (Å²) in [7, 11) is 0. The smallest absolute Gasteiger partial charge is 0.337 e. The molecule has 0 unspecified atom stereocenters. The third kappa shape index (κ3) is 3.73. The number of phenolic OH excluding ortho intramolecular Hbond substituents is 1. The van der Waals surface area contributed by atoms with Crippen LogP contribution in [-0.4, -0.2) is 16.2 Å². The number of halogens is 3. The average Bonchev–Trinajstić information content (AvgIpc) is 2.42. The van der Waals surface area contributed by atoms with Crippen molar-refractivity contribution in [2.45, 2.75) is 6.54 Å². The molecule has 4 nitrogen and oxygen atoms in total. The van der Waals surface area contributed by atoms with Gasteiger partial charge in [-0.15, -0.1) is 0 Å². The molecule has 21 heavy (non-hydrogen) atoms. The van der Waals surface area contributed by atoms with Gasteiger partial charge in [-0.2, -0.15) is 0 Å². The van der Waals surface area contributed by atoms with Gasteiger partial charge in [0.05, 0.1) is 15.6 Å². The Kier molecular flexibility index (Phi) is 4.83. The number of hydrogen-bond acceptors (Lipinski definition) is 3. The topological polar surface area (TPSA) is 69.6 Å². The lowest BCUT2D eigenvalue weighted by Gasteiger charge is -2.11. The van der Waals surface area contributed by atoms with E-state index in [1.54, 1.807) is 12.1 Å². The van der Waals surface area contributed by atoms with E-state index in [0.29, 0.717) is 16.3 Å². The Hall–Kier alpha value is -1.62. The zero-order chi connectivity index (χ0) is 15.6. The molecule has 0 fully saturated rings. The molecule has 2 aromatic rings. The lowest BCUT2D eigenvalue weighted by Crippen LogP contribution is -2.03. The van der Waals surface area contributed by atoms with Crippen LogP contribution in [0.4, 0.5) is 5.69 Å². The molecule has 0 aromatic heterocycles. The molecular formula is C14H10Cl3NO3.